The van der Waals surface area contributed by atoms with E-state index in [4.69, 9.17) is 14.2 Å². The normalized spacial score (nSPS) is 10.6. The van der Waals surface area contributed by atoms with Crippen LogP contribution in [0.1, 0.15) is 16.1 Å². The van der Waals surface area contributed by atoms with Crippen LogP contribution >= 0.6 is 11.3 Å². The fourth-order valence-electron chi connectivity index (χ4n) is 2.89. The fraction of sp³-hybridized carbons (Fsp3) is 0.263. The van der Waals surface area contributed by atoms with Crippen molar-refractivity contribution in [1.29, 1.82) is 0 Å². The molecule has 0 aliphatic rings. The van der Waals surface area contributed by atoms with Gasteiger partial charge >= 0.3 is 5.97 Å². The summed E-state index contributed by atoms with van der Waals surface area (Å²) >= 11 is 1.47. The molecule has 27 heavy (non-hydrogen) atoms. The first kappa shape index (κ1) is 18.8. The highest BCUT2D eigenvalue weighted by atomic mass is 32.1. The Morgan fingerprint density at radius 3 is 2.67 bits per heavy atom. The molecule has 0 atom stereocenters. The lowest BCUT2D eigenvalue weighted by atomic mass is 10.2. The number of aromatic nitrogens is 1. The minimum atomic E-state index is -0.472. The number of methoxy groups -OCH3 is 3. The van der Waals surface area contributed by atoms with Crippen LogP contribution in [0.2, 0.25) is 0 Å². The Labute approximate surface area is 160 Å². The molecule has 3 aromatic rings. The molecule has 8 heteroatoms. The van der Waals surface area contributed by atoms with E-state index in [0.717, 1.165) is 15.8 Å². The molecule has 3 rings (SSSR count). The van der Waals surface area contributed by atoms with Gasteiger partial charge in [-0.1, -0.05) is 12.1 Å². The molecule has 2 heterocycles. The third-order valence-electron chi connectivity index (χ3n) is 4.16. The first-order valence-electron chi connectivity index (χ1n) is 8.20. The van der Waals surface area contributed by atoms with E-state index in [9.17, 15) is 9.59 Å². The molecule has 0 aliphatic heterocycles. The molecular formula is C19H20N2O5S. The number of carbonyl (C=O) groups excluding carboxylic acids is 2. The molecule has 0 radical (unpaired) electrons. The third-order valence-corrected chi connectivity index (χ3v) is 5.11. The molecular weight excluding hydrogens is 368 g/mol. The number of rotatable bonds is 7. The van der Waals surface area contributed by atoms with Crippen molar-refractivity contribution < 1.29 is 23.8 Å². The van der Waals surface area contributed by atoms with Crippen molar-refractivity contribution in [1.82, 2.24) is 9.88 Å². The molecule has 0 fully saturated rings. The van der Waals surface area contributed by atoms with Crippen LogP contribution in [-0.2, 0) is 22.6 Å². The second-order valence-electron chi connectivity index (χ2n) is 5.72. The monoisotopic (exact) mass is 388 g/mol. The van der Waals surface area contributed by atoms with Crippen LogP contribution in [0, 0.1) is 0 Å². The second kappa shape index (κ2) is 8.13. The van der Waals surface area contributed by atoms with Gasteiger partial charge in [-0.2, -0.15) is 0 Å². The van der Waals surface area contributed by atoms with Crippen LogP contribution in [0.5, 0.6) is 11.5 Å². The molecule has 0 bridgehead atoms. The number of para-hydroxylation sites is 1. The molecule has 1 N–H and O–H groups in total. The summed E-state index contributed by atoms with van der Waals surface area (Å²) in [6.45, 7) is 0.294. The lowest BCUT2D eigenvalue weighted by molar-refractivity contribution is -0.121. The predicted molar refractivity (Wildman–Crippen MR) is 103 cm³/mol. The lowest BCUT2D eigenvalue weighted by Crippen LogP contribution is -2.28. The molecule has 0 saturated carbocycles. The maximum atomic E-state index is 12.5. The minimum Gasteiger partial charge on any atom is -0.493 e. The van der Waals surface area contributed by atoms with E-state index in [1.807, 2.05) is 23.6 Å². The maximum absolute atomic E-state index is 12.5. The summed E-state index contributed by atoms with van der Waals surface area (Å²) in [4.78, 5) is 25.4. The van der Waals surface area contributed by atoms with Gasteiger partial charge in [0.2, 0.25) is 5.91 Å². The van der Waals surface area contributed by atoms with E-state index >= 15 is 0 Å². The highest BCUT2D eigenvalue weighted by Gasteiger charge is 2.19. The van der Waals surface area contributed by atoms with Gasteiger partial charge in [0.1, 0.15) is 17.1 Å². The average molecular weight is 388 g/mol. The molecule has 0 aliphatic carbocycles. The van der Waals surface area contributed by atoms with Crippen molar-refractivity contribution in [3.8, 4) is 11.5 Å². The van der Waals surface area contributed by atoms with Crippen LogP contribution in [0.4, 0.5) is 0 Å². The van der Waals surface area contributed by atoms with Crippen molar-refractivity contribution >= 4 is 33.4 Å². The first-order chi connectivity index (χ1) is 13.1. The van der Waals surface area contributed by atoms with Crippen molar-refractivity contribution in [3.63, 3.8) is 0 Å². The summed E-state index contributed by atoms with van der Waals surface area (Å²) in [5, 5.41) is 5.68. The van der Waals surface area contributed by atoms with Gasteiger partial charge in [-0.3, -0.25) is 4.79 Å². The van der Waals surface area contributed by atoms with Crippen molar-refractivity contribution in [2.75, 3.05) is 21.3 Å². The molecule has 142 valence electrons. The smallest absolute Gasteiger partial charge is 0.354 e. The van der Waals surface area contributed by atoms with Gasteiger partial charge in [-0.15, -0.1) is 11.3 Å². The Balaban J connectivity index is 1.77. The zero-order chi connectivity index (χ0) is 19.4. The van der Waals surface area contributed by atoms with Gasteiger partial charge in [0.15, 0.2) is 11.5 Å². The number of nitrogens with zero attached hydrogens (tertiary/aromatic N) is 1. The van der Waals surface area contributed by atoms with Crippen molar-refractivity contribution in [2.45, 2.75) is 13.1 Å². The third kappa shape index (κ3) is 3.75. The summed E-state index contributed by atoms with van der Waals surface area (Å²) < 4.78 is 17.1. The summed E-state index contributed by atoms with van der Waals surface area (Å²) in [6.07, 6.45) is 0. The quantitative estimate of drug-likeness (QED) is 0.630. The van der Waals surface area contributed by atoms with Gasteiger partial charge in [-0.05, 0) is 23.6 Å². The van der Waals surface area contributed by atoms with Crippen LogP contribution in [0.3, 0.4) is 0 Å². The number of carbonyl (C=O) groups is 2. The fourth-order valence-corrected chi connectivity index (χ4v) is 3.79. The van der Waals surface area contributed by atoms with E-state index in [1.54, 1.807) is 30.9 Å². The number of fused-ring (bicyclic) bond motifs is 1. The molecule has 1 aromatic carbocycles. The van der Waals surface area contributed by atoms with E-state index in [2.05, 4.69) is 5.32 Å². The van der Waals surface area contributed by atoms with Gasteiger partial charge in [0.25, 0.3) is 0 Å². The van der Waals surface area contributed by atoms with Crippen LogP contribution < -0.4 is 14.8 Å². The lowest BCUT2D eigenvalue weighted by Gasteiger charge is -2.14. The number of hydrogen-bond donors (Lipinski definition) is 1. The van der Waals surface area contributed by atoms with E-state index in [0.29, 0.717) is 17.2 Å². The maximum Gasteiger partial charge on any atom is 0.354 e. The van der Waals surface area contributed by atoms with E-state index in [1.165, 1.54) is 18.4 Å². The molecule has 0 spiro atoms. The SMILES string of the molecule is COC(=O)c1cc2ccsc2n1CC(=O)NCc1cccc(OC)c1OC. The van der Waals surface area contributed by atoms with Crippen molar-refractivity contribution in [3.05, 3.63) is 47.0 Å². The first-order valence-corrected chi connectivity index (χ1v) is 9.08. The number of ether oxygens (including phenoxy) is 3. The highest BCUT2D eigenvalue weighted by molar-refractivity contribution is 7.16. The minimum absolute atomic E-state index is 0.0146. The summed E-state index contributed by atoms with van der Waals surface area (Å²) in [5.41, 5.74) is 1.15. The topological polar surface area (TPSA) is 78.8 Å². The Morgan fingerprint density at radius 2 is 1.96 bits per heavy atom. The summed E-state index contributed by atoms with van der Waals surface area (Å²) in [6, 6.07) is 9.12. The number of esters is 1. The standard InChI is InChI=1S/C19H20N2O5S/c1-24-15-6-4-5-13(17(15)25-2)10-20-16(22)11-21-14(19(23)26-3)9-12-7-8-27-18(12)21/h4-9H,10-11H2,1-3H3,(H,20,22). The largest absolute Gasteiger partial charge is 0.493 e. The number of nitrogens with one attached hydrogen (secondary N) is 1. The average Bonchev–Trinajstić information content (AvgIpc) is 3.27. The predicted octanol–water partition coefficient (Wildman–Crippen LogP) is 2.82. The summed E-state index contributed by atoms with van der Waals surface area (Å²) in [7, 11) is 4.44. The van der Waals surface area contributed by atoms with E-state index < -0.39 is 5.97 Å². The van der Waals surface area contributed by atoms with Crippen LogP contribution in [0.25, 0.3) is 10.2 Å². The zero-order valence-corrected chi connectivity index (χ0v) is 16.1. The zero-order valence-electron chi connectivity index (χ0n) is 15.3. The number of thiophene rings is 1. The van der Waals surface area contributed by atoms with Gasteiger partial charge in [0, 0.05) is 17.5 Å². The molecule has 0 unspecified atom stereocenters. The van der Waals surface area contributed by atoms with Crippen LogP contribution in [-0.4, -0.2) is 37.8 Å². The number of amides is 1. The Hall–Kier alpha value is -3.00. The second-order valence-corrected chi connectivity index (χ2v) is 6.61. The van der Waals surface area contributed by atoms with Crippen LogP contribution in [0.15, 0.2) is 35.7 Å². The molecule has 7 nitrogen and oxygen atoms in total. The summed E-state index contributed by atoms with van der Waals surface area (Å²) in [5.74, 6) is 0.483. The van der Waals surface area contributed by atoms with Gasteiger partial charge in [0.05, 0.1) is 21.3 Å². The number of hydrogen-bond acceptors (Lipinski definition) is 6. The molecule has 0 saturated heterocycles. The van der Waals surface area contributed by atoms with E-state index in [-0.39, 0.29) is 19.0 Å². The Bertz CT molecular complexity index is 976. The Kier molecular flexibility index (Phi) is 5.66. The number of benzene rings is 1. The molecule has 2 aromatic heterocycles. The van der Waals surface area contributed by atoms with Crippen molar-refractivity contribution in [2.24, 2.45) is 0 Å². The Morgan fingerprint density at radius 1 is 1.15 bits per heavy atom. The van der Waals surface area contributed by atoms with Gasteiger partial charge < -0.3 is 24.1 Å². The van der Waals surface area contributed by atoms with Gasteiger partial charge in [-0.25, -0.2) is 4.79 Å². The highest BCUT2D eigenvalue weighted by Crippen LogP contribution is 2.30. The molecule has 1 amide bonds.